The molecule has 0 radical (unpaired) electrons. The maximum absolute atomic E-state index is 9.61. The first-order valence-corrected chi connectivity index (χ1v) is 5.83. The van der Waals surface area contributed by atoms with E-state index >= 15 is 0 Å². The van der Waals surface area contributed by atoms with Crippen LogP contribution in [0.25, 0.3) is 0 Å². The number of rotatable bonds is 0. The Kier molecular flexibility index (Phi) is 1.99. The Morgan fingerprint density at radius 3 is 3.00 bits per heavy atom. The van der Waals surface area contributed by atoms with Gasteiger partial charge in [0.25, 0.3) is 0 Å². The summed E-state index contributed by atoms with van der Waals surface area (Å²) in [5, 5.41) is 13.1. The van der Waals surface area contributed by atoms with Crippen LogP contribution < -0.4 is 5.32 Å². The highest BCUT2D eigenvalue weighted by Crippen LogP contribution is 2.42. The van der Waals surface area contributed by atoms with Crippen molar-refractivity contribution in [2.24, 2.45) is 0 Å². The lowest BCUT2D eigenvalue weighted by molar-refractivity contribution is 0.388. The van der Waals surface area contributed by atoms with E-state index < -0.39 is 0 Å². The second kappa shape index (κ2) is 3.24. The molecule has 2 nitrogen and oxygen atoms in total. The summed E-state index contributed by atoms with van der Waals surface area (Å²) >= 11 is 0. The fourth-order valence-electron chi connectivity index (χ4n) is 3.22. The van der Waals surface area contributed by atoms with Crippen molar-refractivity contribution >= 4 is 0 Å². The number of aryl methyl sites for hydroxylation is 1. The van der Waals surface area contributed by atoms with Gasteiger partial charge in [-0.25, -0.2) is 0 Å². The number of phenolic OH excluding ortho intramolecular Hbond substituents is 1. The number of nitrogens with one attached hydrogen (secondary N) is 1. The molecule has 2 aliphatic rings. The van der Waals surface area contributed by atoms with Crippen molar-refractivity contribution in [2.45, 2.75) is 31.1 Å². The van der Waals surface area contributed by atoms with Crippen LogP contribution >= 0.6 is 0 Å². The molecule has 1 fully saturated rings. The first-order valence-electron chi connectivity index (χ1n) is 5.83. The van der Waals surface area contributed by atoms with Crippen molar-refractivity contribution in [3.05, 3.63) is 29.3 Å². The van der Waals surface area contributed by atoms with Crippen molar-refractivity contribution in [1.29, 1.82) is 0 Å². The number of hydrogen-bond donors (Lipinski definition) is 2. The number of phenols is 1. The summed E-state index contributed by atoms with van der Waals surface area (Å²) in [4.78, 5) is 0. The summed E-state index contributed by atoms with van der Waals surface area (Å²) < 4.78 is 0. The molecule has 1 unspecified atom stereocenters. The van der Waals surface area contributed by atoms with Crippen LogP contribution in [0.2, 0.25) is 0 Å². The van der Waals surface area contributed by atoms with Crippen molar-refractivity contribution < 1.29 is 5.11 Å². The zero-order valence-corrected chi connectivity index (χ0v) is 8.92. The Morgan fingerprint density at radius 2 is 2.20 bits per heavy atom. The molecule has 1 atom stereocenters. The van der Waals surface area contributed by atoms with Gasteiger partial charge in [0.1, 0.15) is 5.75 Å². The van der Waals surface area contributed by atoms with Gasteiger partial charge in [-0.05, 0) is 55.5 Å². The molecule has 1 aromatic carbocycles. The quantitative estimate of drug-likeness (QED) is 0.675. The van der Waals surface area contributed by atoms with Crippen LogP contribution in [-0.4, -0.2) is 18.2 Å². The van der Waals surface area contributed by atoms with E-state index in [1.165, 1.54) is 36.8 Å². The second-order valence-electron chi connectivity index (χ2n) is 4.90. The van der Waals surface area contributed by atoms with Gasteiger partial charge < -0.3 is 10.4 Å². The van der Waals surface area contributed by atoms with Crippen LogP contribution in [0.1, 0.15) is 30.4 Å². The van der Waals surface area contributed by atoms with Crippen LogP contribution in [0.4, 0.5) is 0 Å². The number of aromatic hydroxyl groups is 1. The Labute approximate surface area is 90.3 Å². The van der Waals surface area contributed by atoms with E-state index in [4.69, 9.17) is 0 Å². The Bertz CT molecular complexity index is 380. The lowest BCUT2D eigenvalue weighted by Gasteiger charge is -2.35. The van der Waals surface area contributed by atoms with Crippen molar-refractivity contribution in [3.63, 3.8) is 0 Å². The van der Waals surface area contributed by atoms with Gasteiger partial charge in [0.2, 0.25) is 0 Å². The summed E-state index contributed by atoms with van der Waals surface area (Å²) in [5.41, 5.74) is 3.17. The lowest BCUT2D eigenvalue weighted by atomic mass is 9.69. The van der Waals surface area contributed by atoms with Gasteiger partial charge >= 0.3 is 0 Å². The van der Waals surface area contributed by atoms with Crippen LogP contribution in [0.15, 0.2) is 18.2 Å². The van der Waals surface area contributed by atoms with Crippen LogP contribution in [0, 0.1) is 0 Å². The monoisotopic (exact) mass is 203 g/mol. The predicted octanol–water partition coefficient (Wildman–Crippen LogP) is 1.96. The SMILES string of the molecule is Oc1ccc2c(c1)C1(CCC2)CCNC1. The smallest absolute Gasteiger partial charge is 0.115 e. The van der Waals surface area contributed by atoms with Gasteiger partial charge in [0.15, 0.2) is 0 Å². The van der Waals surface area contributed by atoms with Gasteiger partial charge in [-0.2, -0.15) is 0 Å². The molecule has 2 heteroatoms. The lowest BCUT2D eigenvalue weighted by Crippen LogP contribution is -2.33. The predicted molar refractivity (Wildman–Crippen MR) is 60.2 cm³/mol. The minimum Gasteiger partial charge on any atom is -0.508 e. The fourth-order valence-corrected chi connectivity index (χ4v) is 3.22. The summed E-state index contributed by atoms with van der Waals surface area (Å²) in [6.45, 7) is 2.21. The minimum atomic E-state index is 0.326. The maximum Gasteiger partial charge on any atom is 0.115 e. The molecular formula is C13H17NO. The van der Waals surface area contributed by atoms with E-state index in [1.54, 1.807) is 0 Å². The molecule has 1 heterocycles. The molecule has 80 valence electrons. The summed E-state index contributed by atoms with van der Waals surface area (Å²) in [6, 6.07) is 5.91. The van der Waals surface area contributed by atoms with Crippen LogP contribution in [0.5, 0.6) is 5.75 Å². The van der Waals surface area contributed by atoms with E-state index in [2.05, 4.69) is 11.4 Å². The highest BCUT2D eigenvalue weighted by Gasteiger charge is 2.38. The molecule has 1 aromatic rings. The van der Waals surface area contributed by atoms with Crippen LogP contribution in [0.3, 0.4) is 0 Å². The minimum absolute atomic E-state index is 0.326. The topological polar surface area (TPSA) is 32.3 Å². The molecule has 15 heavy (non-hydrogen) atoms. The third-order valence-electron chi connectivity index (χ3n) is 4.01. The maximum atomic E-state index is 9.61. The summed E-state index contributed by atoms with van der Waals surface area (Å²) in [7, 11) is 0. The molecule has 1 aliphatic carbocycles. The normalized spacial score (nSPS) is 29.3. The van der Waals surface area contributed by atoms with E-state index in [-0.39, 0.29) is 0 Å². The Hall–Kier alpha value is -1.02. The molecular weight excluding hydrogens is 186 g/mol. The highest BCUT2D eigenvalue weighted by molar-refractivity contribution is 5.42. The van der Waals surface area contributed by atoms with Gasteiger partial charge in [-0.15, -0.1) is 0 Å². The molecule has 1 spiro atoms. The number of benzene rings is 1. The first kappa shape index (κ1) is 9.22. The van der Waals surface area contributed by atoms with E-state index in [9.17, 15) is 5.11 Å². The first-order chi connectivity index (χ1) is 7.30. The summed E-state index contributed by atoms with van der Waals surface area (Å²) in [6.07, 6.45) is 4.97. The largest absolute Gasteiger partial charge is 0.508 e. The van der Waals surface area contributed by atoms with E-state index in [0.29, 0.717) is 11.2 Å². The molecule has 0 saturated carbocycles. The zero-order valence-electron chi connectivity index (χ0n) is 8.92. The van der Waals surface area contributed by atoms with Gasteiger partial charge in [-0.3, -0.25) is 0 Å². The van der Waals surface area contributed by atoms with Crippen LogP contribution in [-0.2, 0) is 11.8 Å². The van der Waals surface area contributed by atoms with Crippen molar-refractivity contribution in [2.75, 3.05) is 13.1 Å². The molecule has 1 aliphatic heterocycles. The molecule has 2 N–H and O–H groups in total. The fraction of sp³-hybridized carbons (Fsp3) is 0.538. The van der Waals surface area contributed by atoms with E-state index in [1.807, 2.05) is 12.1 Å². The van der Waals surface area contributed by atoms with Gasteiger partial charge in [-0.1, -0.05) is 6.07 Å². The molecule has 0 amide bonds. The third kappa shape index (κ3) is 1.36. The number of fused-ring (bicyclic) bond motifs is 2. The zero-order chi connectivity index (χ0) is 10.3. The second-order valence-corrected chi connectivity index (χ2v) is 4.90. The standard InChI is InChI=1S/C13H17NO/c15-11-4-3-10-2-1-5-13(12(10)8-11)6-7-14-9-13/h3-4,8,14-15H,1-2,5-7,9H2. The molecule has 0 aromatic heterocycles. The van der Waals surface area contributed by atoms with Crippen molar-refractivity contribution in [3.8, 4) is 5.75 Å². The average molecular weight is 203 g/mol. The molecule has 3 rings (SSSR count). The van der Waals surface area contributed by atoms with E-state index in [0.717, 1.165) is 13.1 Å². The highest BCUT2D eigenvalue weighted by atomic mass is 16.3. The molecule has 1 saturated heterocycles. The number of hydrogen-bond acceptors (Lipinski definition) is 2. The summed E-state index contributed by atoms with van der Waals surface area (Å²) in [5.74, 6) is 0.418. The Balaban J connectivity index is 2.12. The average Bonchev–Trinajstić information content (AvgIpc) is 2.69. The van der Waals surface area contributed by atoms with Gasteiger partial charge in [0.05, 0.1) is 0 Å². The molecule has 0 bridgehead atoms. The van der Waals surface area contributed by atoms with Crippen molar-refractivity contribution in [1.82, 2.24) is 5.32 Å². The Morgan fingerprint density at radius 1 is 1.27 bits per heavy atom. The third-order valence-corrected chi connectivity index (χ3v) is 4.01. The van der Waals surface area contributed by atoms with Gasteiger partial charge in [0, 0.05) is 12.0 Å².